The number of fused-ring (bicyclic) bond motifs is 9. The standard InChI is InChI=1S/C42H28BN/c1-2-14-30(15-3-1)44-42-25-13-10-22-38(42)37-21-9-12-24-41(37)43(44)40-23-11-8-16-31(40)29-26-27-36-34-19-5-4-17-32(34)33-18-6-7-20-35(33)39(36)28-29/h1-28H. The number of benzene rings is 8. The van der Waals surface area contributed by atoms with E-state index in [1.54, 1.807) is 0 Å². The quantitative estimate of drug-likeness (QED) is 0.154. The second-order valence-corrected chi connectivity index (χ2v) is 11.7. The number of nitrogens with zero attached hydrogens (tertiary/aromatic N) is 1. The Balaban J connectivity index is 1.32. The maximum atomic E-state index is 2.53. The van der Waals surface area contributed by atoms with Crippen LogP contribution in [0.25, 0.3) is 54.6 Å². The van der Waals surface area contributed by atoms with Gasteiger partial charge in [-0.05, 0) is 84.2 Å². The van der Waals surface area contributed by atoms with Crippen LogP contribution in [-0.2, 0) is 0 Å². The van der Waals surface area contributed by atoms with E-state index in [9.17, 15) is 0 Å². The van der Waals surface area contributed by atoms with Gasteiger partial charge >= 0.3 is 6.85 Å². The smallest absolute Gasteiger partial charge is 0.329 e. The van der Waals surface area contributed by atoms with Gasteiger partial charge in [0.25, 0.3) is 0 Å². The molecule has 0 aromatic heterocycles. The first kappa shape index (κ1) is 25.0. The third kappa shape index (κ3) is 3.74. The molecule has 0 fully saturated rings. The Bertz CT molecular complexity index is 2320. The van der Waals surface area contributed by atoms with Crippen LogP contribution in [0.2, 0.25) is 0 Å². The minimum Gasteiger partial charge on any atom is -0.376 e. The summed E-state index contributed by atoms with van der Waals surface area (Å²) in [7, 11) is 0. The van der Waals surface area contributed by atoms with Gasteiger partial charge in [0, 0.05) is 16.9 Å². The fourth-order valence-electron chi connectivity index (χ4n) is 7.43. The maximum Gasteiger partial charge on any atom is 0.329 e. The molecular weight excluding hydrogens is 529 g/mol. The lowest BCUT2D eigenvalue weighted by Gasteiger charge is -2.39. The molecule has 44 heavy (non-hydrogen) atoms. The Hall–Kier alpha value is -5.60. The van der Waals surface area contributed by atoms with Gasteiger partial charge in [-0.15, -0.1) is 0 Å². The lowest BCUT2D eigenvalue weighted by Crippen LogP contribution is -2.57. The summed E-state index contributed by atoms with van der Waals surface area (Å²) in [4.78, 5) is 2.53. The highest BCUT2D eigenvalue weighted by atomic mass is 15.1. The average Bonchev–Trinajstić information content (AvgIpc) is 3.11. The normalized spacial score (nSPS) is 12.5. The molecule has 0 amide bonds. The molecular formula is C42H28BN. The molecule has 0 spiro atoms. The third-order valence-corrected chi connectivity index (χ3v) is 9.31. The predicted molar refractivity (Wildman–Crippen MR) is 190 cm³/mol. The Labute approximate surface area is 257 Å². The Morgan fingerprint density at radius 1 is 0.341 bits per heavy atom. The van der Waals surface area contributed by atoms with E-state index in [2.05, 4.69) is 175 Å². The Morgan fingerprint density at radius 3 is 1.50 bits per heavy atom. The van der Waals surface area contributed by atoms with Crippen molar-refractivity contribution in [1.82, 2.24) is 0 Å². The lowest BCUT2D eigenvalue weighted by molar-refractivity contribution is 1.36. The van der Waals surface area contributed by atoms with Crippen LogP contribution in [0.4, 0.5) is 11.4 Å². The zero-order valence-electron chi connectivity index (χ0n) is 24.2. The summed E-state index contributed by atoms with van der Waals surface area (Å²) in [5.74, 6) is 0. The molecule has 0 radical (unpaired) electrons. The van der Waals surface area contributed by atoms with Crippen LogP contribution >= 0.6 is 0 Å². The van der Waals surface area contributed by atoms with Gasteiger partial charge in [0.15, 0.2) is 0 Å². The molecule has 1 aliphatic rings. The molecule has 204 valence electrons. The highest BCUT2D eigenvalue weighted by molar-refractivity contribution is 6.91. The van der Waals surface area contributed by atoms with Crippen molar-refractivity contribution in [3.63, 3.8) is 0 Å². The van der Waals surface area contributed by atoms with Crippen LogP contribution in [0, 0.1) is 0 Å². The van der Waals surface area contributed by atoms with Gasteiger partial charge in [0.2, 0.25) is 0 Å². The number of anilines is 2. The molecule has 1 heterocycles. The van der Waals surface area contributed by atoms with E-state index in [-0.39, 0.29) is 6.85 Å². The summed E-state index contributed by atoms with van der Waals surface area (Å²) in [6, 6.07) is 62.3. The summed E-state index contributed by atoms with van der Waals surface area (Å²) in [6.07, 6.45) is 0. The summed E-state index contributed by atoms with van der Waals surface area (Å²) in [5.41, 5.74) is 10.1. The number of rotatable bonds is 3. The number of para-hydroxylation sites is 2. The molecule has 8 aromatic rings. The first-order chi connectivity index (χ1) is 21.9. The van der Waals surface area contributed by atoms with E-state index in [0.29, 0.717) is 0 Å². The van der Waals surface area contributed by atoms with Gasteiger partial charge < -0.3 is 4.81 Å². The molecule has 2 heteroatoms. The molecule has 8 aromatic carbocycles. The van der Waals surface area contributed by atoms with E-state index in [1.165, 1.54) is 76.9 Å². The van der Waals surface area contributed by atoms with Crippen LogP contribution in [-0.4, -0.2) is 6.85 Å². The largest absolute Gasteiger partial charge is 0.376 e. The van der Waals surface area contributed by atoms with E-state index in [4.69, 9.17) is 0 Å². The molecule has 0 unspecified atom stereocenters. The van der Waals surface area contributed by atoms with Crippen LogP contribution in [0.1, 0.15) is 0 Å². The van der Waals surface area contributed by atoms with E-state index in [0.717, 1.165) is 0 Å². The minimum atomic E-state index is 0.00347. The summed E-state index contributed by atoms with van der Waals surface area (Å²) in [6.45, 7) is 0.00347. The van der Waals surface area contributed by atoms with Crippen molar-refractivity contribution in [2.45, 2.75) is 0 Å². The Morgan fingerprint density at radius 2 is 0.818 bits per heavy atom. The van der Waals surface area contributed by atoms with Crippen molar-refractivity contribution < 1.29 is 0 Å². The fourth-order valence-corrected chi connectivity index (χ4v) is 7.43. The molecule has 0 atom stereocenters. The van der Waals surface area contributed by atoms with Crippen molar-refractivity contribution in [2.24, 2.45) is 0 Å². The lowest BCUT2D eigenvalue weighted by atomic mass is 9.44. The summed E-state index contributed by atoms with van der Waals surface area (Å²) >= 11 is 0. The first-order valence-corrected chi connectivity index (χ1v) is 15.3. The highest BCUT2D eigenvalue weighted by Crippen LogP contribution is 2.41. The molecule has 0 aliphatic carbocycles. The highest BCUT2D eigenvalue weighted by Gasteiger charge is 2.38. The molecule has 0 bridgehead atoms. The van der Waals surface area contributed by atoms with Crippen molar-refractivity contribution in [2.75, 3.05) is 4.81 Å². The van der Waals surface area contributed by atoms with Crippen LogP contribution in [0.15, 0.2) is 170 Å². The minimum absolute atomic E-state index is 0.00347. The van der Waals surface area contributed by atoms with Gasteiger partial charge in [-0.3, -0.25) is 0 Å². The van der Waals surface area contributed by atoms with Gasteiger partial charge in [-0.2, -0.15) is 0 Å². The first-order valence-electron chi connectivity index (χ1n) is 15.3. The summed E-state index contributed by atoms with van der Waals surface area (Å²) < 4.78 is 0. The third-order valence-electron chi connectivity index (χ3n) is 9.31. The van der Waals surface area contributed by atoms with E-state index < -0.39 is 0 Å². The van der Waals surface area contributed by atoms with Crippen molar-refractivity contribution in [1.29, 1.82) is 0 Å². The number of hydrogen-bond acceptors (Lipinski definition) is 1. The second kappa shape index (κ2) is 10.0. The average molecular weight is 558 g/mol. The topological polar surface area (TPSA) is 3.24 Å². The van der Waals surface area contributed by atoms with Gasteiger partial charge in [0.05, 0.1) is 0 Å². The van der Waals surface area contributed by atoms with Crippen molar-refractivity contribution in [3.05, 3.63) is 170 Å². The number of hydrogen-bond donors (Lipinski definition) is 0. The molecule has 1 nitrogen and oxygen atoms in total. The molecule has 0 saturated carbocycles. The fraction of sp³-hybridized carbons (Fsp3) is 0. The zero-order valence-corrected chi connectivity index (χ0v) is 24.2. The second-order valence-electron chi connectivity index (χ2n) is 11.7. The van der Waals surface area contributed by atoms with Crippen LogP contribution in [0.3, 0.4) is 0 Å². The molecule has 0 saturated heterocycles. The SMILES string of the molecule is c1ccc(N2B(c3ccccc3-c3ccc4c5ccccc5c5ccccc5c4c3)c3ccccc3-c3ccccc32)cc1. The predicted octanol–water partition coefficient (Wildman–Crippen LogP) is 9.74. The van der Waals surface area contributed by atoms with Gasteiger partial charge in [-0.1, -0.05) is 146 Å². The van der Waals surface area contributed by atoms with Crippen molar-refractivity contribution in [3.8, 4) is 22.3 Å². The van der Waals surface area contributed by atoms with Gasteiger partial charge in [0.1, 0.15) is 0 Å². The van der Waals surface area contributed by atoms with Crippen LogP contribution < -0.4 is 15.7 Å². The zero-order chi connectivity index (χ0) is 29.0. The van der Waals surface area contributed by atoms with E-state index in [1.807, 2.05) is 0 Å². The molecule has 0 N–H and O–H groups in total. The monoisotopic (exact) mass is 557 g/mol. The van der Waals surface area contributed by atoms with E-state index >= 15 is 0 Å². The maximum absolute atomic E-state index is 2.53. The van der Waals surface area contributed by atoms with Crippen LogP contribution in [0.5, 0.6) is 0 Å². The van der Waals surface area contributed by atoms with Crippen molar-refractivity contribution >= 4 is 61.5 Å². The van der Waals surface area contributed by atoms with Gasteiger partial charge in [-0.25, -0.2) is 0 Å². The molecule has 9 rings (SSSR count). The summed E-state index contributed by atoms with van der Waals surface area (Å²) in [5, 5.41) is 7.79. The molecule has 1 aliphatic heterocycles. The Kier molecular flexibility index (Phi) is 5.67.